The van der Waals surface area contributed by atoms with Crippen LogP contribution in [-0.2, 0) is 4.79 Å². The van der Waals surface area contributed by atoms with Crippen molar-refractivity contribution in [3.05, 3.63) is 98.6 Å². The van der Waals surface area contributed by atoms with E-state index in [2.05, 4.69) is 5.32 Å². The quantitative estimate of drug-likeness (QED) is 0.211. The van der Waals surface area contributed by atoms with Crippen LogP contribution >= 0.6 is 11.8 Å². The molecule has 0 saturated carbocycles. The average molecular weight is 444 g/mol. The fourth-order valence-corrected chi connectivity index (χ4v) is 3.95. The Morgan fingerprint density at radius 2 is 1.72 bits per heavy atom. The normalized spacial score (nSPS) is 11.0. The summed E-state index contributed by atoms with van der Waals surface area (Å²) in [6.07, 6.45) is 1.35. The number of carbonyl (C=O) groups excluding carboxylic acids is 1. The number of rotatable bonds is 6. The lowest BCUT2D eigenvalue weighted by molar-refractivity contribution is -0.387. The summed E-state index contributed by atoms with van der Waals surface area (Å²) in [5.74, 6) is -0.569. The van der Waals surface area contributed by atoms with Crippen molar-refractivity contribution in [3.63, 3.8) is 0 Å². The molecule has 160 valence electrons. The van der Waals surface area contributed by atoms with Crippen molar-refractivity contribution in [1.82, 2.24) is 0 Å². The largest absolute Gasteiger partial charge is 0.321 e. The molecule has 32 heavy (non-hydrogen) atoms. The summed E-state index contributed by atoms with van der Waals surface area (Å²) in [6.45, 7) is 5.79. The third-order valence-electron chi connectivity index (χ3n) is 4.73. The zero-order valence-corrected chi connectivity index (χ0v) is 18.7. The molecular weight excluding hydrogens is 422 g/mol. The molecule has 0 radical (unpaired) electrons. The molecule has 3 aromatic rings. The number of nitrogens with zero attached hydrogens (tertiary/aromatic N) is 2. The van der Waals surface area contributed by atoms with Crippen molar-refractivity contribution < 1.29 is 9.72 Å². The molecule has 0 aromatic heterocycles. The van der Waals surface area contributed by atoms with Gasteiger partial charge in [0.15, 0.2) is 0 Å². The van der Waals surface area contributed by atoms with E-state index < -0.39 is 10.8 Å². The van der Waals surface area contributed by atoms with Crippen molar-refractivity contribution in [2.45, 2.75) is 30.6 Å². The van der Waals surface area contributed by atoms with Crippen LogP contribution in [0.5, 0.6) is 0 Å². The van der Waals surface area contributed by atoms with Crippen LogP contribution in [0.3, 0.4) is 0 Å². The molecule has 1 N–H and O–H groups in total. The maximum Gasteiger partial charge on any atom is 0.283 e. The molecule has 0 unspecified atom stereocenters. The summed E-state index contributed by atoms with van der Waals surface area (Å²) in [5, 5.41) is 23.9. The molecule has 0 fully saturated rings. The summed E-state index contributed by atoms with van der Waals surface area (Å²) >= 11 is 1.29. The summed E-state index contributed by atoms with van der Waals surface area (Å²) in [6, 6.07) is 19.8. The number of aryl methyl sites for hydroxylation is 3. The Labute approximate surface area is 190 Å². The van der Waals surface area contributed by atoms with Gasteiger partial charge in [-0.1, -0.05) is 53.2 Å². The number of benzene rings is 3. The molecule has 1 amide bonds. The topological polar surface area (TPSA) is 96.0 Å². The number of hydrogen-bond donors (Lipinski definition) is 1. The van der Waals surface area contributed by atoms with Gasteiger partial charge in [0.25, 0.3) is 11.6 Å². The molecule has 0 bridgehead atoms. The standard InChI is InChI=1S/C25H21N3O3S/c1-16-4-8-21(9-5-16)32-24-11-7-19(14-23(24)28(30)31)13-20(15-26)25(29)27-22-10-6-17(2)12-18(22)3/h4-14H,1-3H3,(H,27,29). The second-order valence-corrected chi connectivity index (χ2v) is 8.46. The fraction of sp³-hybridized carbons (Fsp3) is 0.120. The smallest absolute Gasteiger partial charge is 0.283 e. The Morgan fingerprint density at radius 3 is 2.34 bits per heavy atom. The maximum atomic E-state index is 12.6. The first-order valence-electron chi connectivity index (χ1n) is 9.80. The van der Waals surface area contributed by atoms with Gasteiger partial charge in [0, 0.05) is 16.6 Å². The van der Waals surface area contributed by atoms with Crippen LogP contribution in [0.15, 0.2) is 76.0 Å². The Morgan fingerprint density at radius 1 is 1.03 bits per heavy atom. The third kappa shape index (κ3) is 5.62. The second kappa shape index (κ2) is 9.94. The third-order valence-corrected chi connectivity index (χ3v) is 5.81. The van der Waals surface area contributed by atoms with Crippen molar-refractivity contribution in [1.29, 1.82) is 5.26 Å². The Kier molecular flexibility index (Phi) is 7.08. The first-order valence-corrected chi connectivity index (χ1v) is 10.6. The molecular formula is C25H21N3O3S. The van der Waals surface area contributed by atoms with Gasteiger partial charge in [-0.3, -0.25) is 14.9 Å². The Balaban J connectivity index is 1.87. The van der Waals surface area contributed by atoms with Crippen molar-refractivity contribution in [2.24, 2.45) is 0 Å². The molecule has 0 aliphatic rings. The highest BCUT2D eigenvalue weighted by Crippen LogP contribution is 2.35. The van der Waals surface area contributed by atoms with Gasteiger partial charge in [-0.05, 0) is 62.2 Å². The lowest BCUT2D eigenvalue weighted by Gasteiger charge is -2.09. The minimum atomic E-state index is -0.569. The monoisotopic (exact) mass is 443 g/mol. The summed E-state index contributed by atoms with van der Waals surface area (Å²) in [7, 11) is 0. The maximum absolute atomic E-state index is 12.6. The van der Waals surface area contributed by atoms with Crippen LogP contribution in [0, 0.1) is 42.2 Å². The zero-order valence-electron chi connectivity index (χ0n) is 17.9. The minimum Gasteiger partial charge on any atom is -0.321 e. The summed E-state index contributed by atoms with van der Waals surface area (Å²) in [5.41, 5.74) is 3.83. The lowest BCUT2D eigenvalue weighted by Crippen LogP contribution is -2.14. The lowest BCUT2D eigenvalue weighted by atomic mass is 10.1. The molecule has 0 spiro atoms. The van der Waals surface area contributed by atoms with Gasteiger partial charge in [-0.2, -0.15) is 5.26 Å². The molecule has 3 aromatic carbocycles. The van der Waals surface area contributed by atoms with Crippen LogP contribution in [0.1, 0.15) is 22.3 Å². The highest BCUT2D eigenvalue weighted by molar-refractivity contribution is 7.99. The second-order valence-electron chi connectivity index (χ2n) is 7.34. The number of carbonyl (C=O) groups is 1. The van der Waals surface area contributed by atoms with E-state index in [-0.39, 0.29) is 11.3 Å². The van der Waals surface area contributed by atoms with Gasteiger partial charge in [0.2, 0.25) is 0 Å². The van der Waals surface area contributed by atoms with Gasteiger partial charge in [0.05, 0.1) is 9.82 Å². The molecule has 0 aliphatic carbocycles. The molecule has 0 heterocycles. The van der Waals surface area contributed by atoms with E-state index in [1.807, 2.05) is 63.2 Å². The number of nitriles is 1. The number of anilines is 1. The molecule has 7 heteroatoms. The number of nitro benzene ring substituents is 1. The first-order chi connectivity index (χ1) is 15.3. The minimum absolute atomic E-state index is 0.0867. The average Bonchev–Trinajstić information content (AvgIpc) is 2.76. The zero-order chi connectivity index (χ0) is 23.3. The van der Waals surface area contributed by atoms with E-state index in [1.54, 1.807) is 18.2 Å². The SMILES string of the molecule is Cc1ccc(Sc2ccc(C=C(C#N)C(=O)Nc3ccc(C)cc3C)cc2[N+](=O)[O-])cc1. The van der Waals surface area contributed by atoms with Crippen LogP contribution in [0.4, 0.5) is 11.4 Å². The number of nitrogens with one attached hydrogen (secondary N) is 1. The Bertz CT molecular complexity index is 1260. The molecule has 0 saturated heterocycles. The van der Waals surface area contributed by atoms with Crippen LogP contribution in [0.2, 0.25) is 0 Å². The van der Waals surface area contributed by atoms with Crippen molar-refractivity contribution in [2.75, 3.05) is 5.32 Å². The van der Waals surface area contributed by atoms with Gasteiger partial charge in [-0.25, -0.2) is 0 Å². The number of amides is 1. The van der Waals surface area contributed by atoms with E-state index >= 15 is 0 Å². The molecule has 0 aliphatic heterocycles. The number of nitro groups is 1. The predicted octanol–water partition coefficient (Wildman–Crippen LogP) is 6.22. The summed E-state index contributed by atoms with van der Waals surface area (Å²) in [4.78, 5) is 25.1. The van der Waals surface area contributed by atoms with E-state index in [4.69, 9.17) is 0 Å². The van der Waals surface area contributed by atoms with E-state index in [0.717, 1.165) is 21.6 Å². The van der Waals surface area contributed by atoms with E-state index in [1.165, 1.54) is 23.9 Å². The molecule has 0 atom stereocenters. The van der Waals surface area contributed by atoms with Crippen molar-refractivity contribution in [3.8, 4) is 6.07 Å². The highest BCUT2D eigenvalue weighted by atomic mass is 32.2. The van der Waals surface area contributed by atoms with Gasteiger partial charge < -0.3 is 5.32 Å². The van der Waals surface area contributed by atoms with Gasteiger partial charge in [0.1, 0.15) is 11.6 Å². The molecule has 3 rings (SSSR count). The van der Waals surface area contributed by atoms with Crippen LogP contribution in [0.25, 0.3) is 6.08 Å². The highest BCUT2D eigenvalue weighted by Gasteiger charge is 2.17. The first kappa shape index (κ1) is 22.8. The van der Waals surface area contributed by atoms with Crippen LogP contribution < -0.4 is 5.32 Å². The molecule has 6 nitrogen and oxygen atoms in total. The Hall–Kier alpha value is -3.89. The summed E-state index contributed by atoms with van der Waals surface area (Å²) < 4.78 is 0. The van der Waals surface area contributed by atoms with Crippen molar-refractivity contribution >= 4 is 35.1 Å². The predicted molar refractivity (Wildman–Crippen MR) is 127 cm³/mol. The van der Waals surface area contributed by atoms with Gasteiger partial charge in [-0.15, -0.1) is 0 Å². The van der Waals surface area contributed by atoms with Crippen LogP contribution in [-0.4, -0.2) is 10.8 Å². The fourth-order valence-electron chi connectivity index (χ4n) is 3.05. The number of hydrogen-bond acceptors (Lipinski definition) is 5. The van der Waals surface area contributed by atoms with E-state index in [0.29, 0.717) is 16.1 Å². The van der Waals surface area contributed by atoms with Gasteiger partial charge >= 0.3 is 0 Å². The van der Waals surface area contributed by atoms with E-state index in [9.17, 15) is 20.2 Å².